The molecule has 1 aromatic rings. The maximum absolute atomic E-state index is 13.9. The first-order chi connectivity index (χ1) is 12.8. The van der Waals surface area contributed by atoms with Crippen molar-refractivity contribution in [3.8, 4) is 0 Å². The summed E-state index contributed by atoms with van der Waals surface area (Å²) in [5.41, 5.74) is 0.784. The van der Waals surface area contributed by atoms with Crippen LogP contribution >= 0.6 is 0 Å². The van der Waals surface area contributed by atoms with Gasteiger partial charge in [-0.15, -0.1) is 0 Å². The van der Waals surface area contributed by atoms with E-state index in [1.807, 2.05) is 19.1 Å². The molecule has 0 aliphatic heterocycles. The standard InChI is InChI=1S/C20H32FN3O2/c1-3-5-11-25-13-14-26-12-10-23-20(22-4-2)24-19-15-17(19)16-8-6-7-9-18(16)21/h6-9,17,19H,3-5,10-15H2,1-2H3,(H2,22,23,24). The molecule has 1 aliphatic rings. The van der Waals surface area contributed by atoms with Crippen molar-refractivity contribution in [2.45, 2.75) is 45.1 Å². The molecule has 0 radical (unpaired) electrons. The quantitative estimate of drug-likeness (QED) is 0.340. The van der Waals surface area contributed by atoms with Gasteiger partial charge in [-0.05, 0) is 31.4 Å². The number of hydrogen-bond acceptors (Lipinski definition) is 3. The molecule has 0 spiro atoms. The van der Waals surface area contributed by atoms with Gasteiger partial charge in [0.1, 0.15) is 5.82 Å². The fourth-order valence-electron chi connectivity index (χ4n) is 2.76. The molecule has 6 heteroatoms. The minimum absolute atomic E-state index is 0.127. The highest BCUT2D eigenvalue weighted by atomic mass is 19.1. The van der Waals surface area contributed by atoms with Gasteiger partial charge in [-0.2, -0.15) is 0 Å². The van der Waals surface area contributed by atoms with Gasteiger partial charge in [0.2, 0.25) is 0 Å². The van der Waals surface area contributed by atoms with Gasteiger partial charge in [0, 0.05) is 25.1 Å². The number of guanidine groups is 1. The summed E-state index contributed by atoms with van der Waals surface area (Å²) in [5.74, 6) is 0.856. The first kappa shape index (κ1) is 20.6. The van der Waals surface area contributed by atoms with E-state index in [0.717, 1.165) is 43.9 Å². The van der Waals surface area contributed by atoms with Crippen LogP contribution in [0.3, 0.4) is 0 Å². The zero-order valence-corrected chi connectivity index (χ0v) is 16.0. The Bertz CT molecular complexity index is 554. The highest BCUT2D eigenvalue weighted by molar-refractivity contribution is 5.80. The number of halogens is 1. The Morgan fingerprint density at radius 1 is 1.15 bits per heavy atom. The second-order valence-corrected chi connectivity index (χ2v) is 6.45. The normalized spacial score (nSPS) is 19.4. The van der Waals surface area contributed by atoms with Crippen LogP contribution in [0.4, 0.5) is 4.39 Å². The van der Waals surface area contributed by atoms with Gasteiger partial charge in [-0.3, -0.25) is 4.99 Å². The zero-order valence-electron chi connectivity index (χ0n) is 16.0. The van der Waals surface area contributed by atoms with Gasteiger partial charge >= 0.3 is 0 Å². The van der Waals surface area contributed by atoms with Crippen molar-refractivity contribution in [1.82, 2.24) is 10.6 Å². The molecule has 1 aromatic carbocycles. The van der Waals surface area contributed by atoms with Crippen molar-refractivity contribution in [1.29, 1.82) is 0 Å². The molecule has 2 rings (SSSR count). The van der Waals surface area contributed by atoms with Crippen LogP contribution in [0.25, 0.3) is 0 Å². The van der Waals surface area contributed by atoms with Crippen LogP contribution in [0.2, 0.25) is 0 Å². The first-order valence-electron chi connectivity index (χ1n) is 9.71. The van der Waals surface area contributed by atoms with E-state index in [9.17, 15) is 4.39 Å². The van der Waals surface area contributed by atoms with Crippen molar-refractivity contribution >= 4 is 5.96 Å². The van der Waals surface area contributed by atoms with Crippen LogP contribution in [0.15, 0.2) is 29.3 Å². The molecule has 2 atom stereocenters. The number of benzene rings is 1. The van der Waals surface area contributed by atoms with Gasteiger partial charge in [0.05, 0.1) is 26.4 Å². The van der Waals surface area contributed by atoms with Crippen molar-refractivity contribution in [2.24, 2.45) is 4.99 Å². The molecule has 146 valence electrons. The lowest BCUT2D eigenvalue weighted by molar-refractivity contribution is 0.0497. The van der Waals surface area contributed by atoms with E-state index in [1.165, 1.54) is 6.07 Å². The topological polar surface area (TPSA) is 54.9 Å². The van der Waals surface area contributed by atoms with E-state index in [4.69, 9.17) is 9.47 Å². The molecule has 0 amide bonds. The van der Waals surface area contributed by atoms with Crippen molar-refractivity contribution in [2.75, 3.05) is 39.5 Å². The van der Waals surface area contributed by atoms with Gasteiger partial charge < -0.3 is 20.1 Å². The van der Waals surface area contributed by atoms with Gasteiger partial charge in [0.15, 0.2) is 5.96 Å². The molecule has 2 N–H and O–H groups in total. The smallest absolute Gasteiger partial charge is 0.191 e. The van der Waals surface area contributed by atoms with Gasteiger partial charge in [-0.1, -0.05) is 31.5 Å². The molecule has 0 heterocycles. The molecule has 26 heavy (non-hydrogen) atoms. The average Bonchev–Trinajstić information content (AvgIpc) is 3.39. The van der Waals surface area contributed by atoms with Crippen LogP contribution in [-0.2, 0) is 9.47 Å². The molecule has 1 aliphatic carbocycles. The Morgan fingerprint density at radius 2 is 1.92 bits per heavy atom. The Morgan fingerprint density at radius 3 is 2.65 bits per heavy atom. The molecule has 2 unspecified atom stereocenters. The number of nitrogens with one attached hydrogen (secondary N) is 2. The maximum atomic E-state index is 13.9. The first-order valence-corrected chi connectivity index (χ1v) is 9.71. The molecule has 1 fully saturated rings. The minimum Gasteiger partial charge on any atom is -0.379 e. The van der Waals surface area contributed by atoms with E-state index in [-0.39, 0.29) is 17.8 Å². The lowest BCUT2D eigenvalue weighted by Gasteiger charge is -2.11. The average molecular weight is 365 g/mol. The molecule has 1 saturated carbocycles. The third-order valence-corrected chi connectivity index (χ3v) is 4.28. The SMILES string of the molecule is CCCCOCCOCCN=C(NCC)NC1CC1c1ccccc1F. The molecule has 0 saturated heterocycles. The second kappa shape index (κ2) is 11.9. The van der Waals surface area contributed by atoms with Gasteiger partial charge in [0.25, 0.3) is 0 Å². The fourth-order valence-corrected chi connectivity index (χ4v) is 2.76. The number of unbranched alkanes of at least 4 members (excludes halogenated alkanes) is 1. The number of ether oxygens (including phenoxy) is 2. The third-order valence-electron chi connectivity index (χ3n) is 4.28. The molecule has 0 bridgehead atoms. The van der Waals surface area contributed by atoms with Crippen LogP contribution < -0.4 is 10.6 Å². The summed E-state index contributed by atoms with van der Waals surface area (Å²) in [4.78, 5) is 4.53. The number of rotatable bonds is 12. The van der Waals surface area contributed by atoms with Crippen molar-refractivity contribution < 1.29 is 13.9 Å². The van der Waals surface area contributed by atoms with Crippen LogP contribution in [-0.4, -0.2) is 51.5 Å². The van der Waals surface area contributed by atoms with Crippen molar-refractivity contribution in [3.05, 3.63) is 35.6 Å². The Labute approximate surface area is 156 Å². The zero-order chi connectivity index (χ0) is 18.6. The molecular formula is C20H32FN3O2. The summed E-state index contributed by atoms with van der Waals surface area (Å²) in [7, 11) is 0. The predicted octanol–water partition coefficient (Wildman–Crippen LogP) is 3.07. The summed E-state index contributed by atoms with van der Waals surface area (Å²) in [6.45, 7) is 8.15. The van der Waals surface area contributed by atoms with Crippen LogP contribution in [0, 0.1) is 5.82 Å². The fraction of sp³-hybridized carbons (Fsp3) is 0.650. The summed E-state index contributed by atoms with van der Waals surface area (Å²) >= 11 is 0. The Balaban J connectivity index is 1.65. The lowest BCUT2D eigenvalue weighted by atomic mass is 10.1. The Kier molecular flexibility index (Phi) is 9.42. The number of aliphatic imine (C=N–C) groups is 1. The summed E-state index contributed by atoms with van der Waals surface area (Å²) in [6.07, 6.45) is 3.17. The highest BCUT2D eigenvalue weighted by Crippen LogP contribution is 2.41. The van der Waals surface area contributed by atoms with E-state index in [2.05, 4.69) is 22.5 Å². The van der Waals surface area contributed by atoms with Crippen molar-refractivity contribution in [3.63, 3.8) is 0 Å². The highest BCUT2D eigenvalue weighted by Gasteiger charge is 2.40. The molecular weight excluding hydrogens is 333 g/mol. The van der Waals surface area contributed by atoms with E-state index >= 15 is 0 Å². The van der Waals surface area contributed by atoms with E-state index in [1.54, 1.807) is 6.07 Å². The predicted molar refractivity (Wildman–Crippen MR) is 103 cm³/mol. The summed E-state index contributed by atoms with van der Waals surface area (Å²) < 4.78 is 24.8. The number of hydrogen-bond donors (Lipinski definition) is 2. The maximum Gasteiger partial charge on any atom is 0.191 e. The Hall–Kier alpha value is -1.66. The molecule has 5 nitrogen and oxygen atoms in total. The van der Waals surface area contributed by atoms with Gasteiger partial charge in [-0.25, -0.2) is 4.39 Å². The monoisotopic (exact) mass is 365 g/mol. The lowest BCUT2D eigenvalue weighted by Crippen LogP contribution is -2.39. The van der Waals surface area contributed by atoms with Crippen LogP contribution in [0.1, 0.15) is 44.6 Å². The summed E-state index contributed by atoms with van der Waals surface area (Å²) in [6, 6.07) is 7.23. The second-order valence-electron chi connectivity index (χ2n) is 6.45. The number of nitrogens with zero attached hydrogens (tertiary/aromatic N) is 1. The summed E-state index contributed by atoms with van der Waals surface area (Å²) in [5, 5.41) is 6.62. The molecule has 0 aromatic heterocycles. The van der Waals surface area contributed by atoms with Crippen LogP contribution in [0.5, 0.6) is 0 Å². The van der Waals surface area contributed by atoms with E-state index < -0.39 is 0 Å². The largest absolute Gasteiger partial charge is 0.379 e. The van der Waals surface area contributed by atoms with E-state index in [0.29, 0.717) is 26.4 Å². The minimum atomic E-state index is -0.127. The third kappa shape index (κ3) is 7.30.